The Morgan fingerprint density at radius 3 is 2.56 bits per heavy atom. The summed E-state index contributed by atoms with van der Waals surface area (Å²) in [6.45, 7) is 6.32. The summed E-state index contributed by atoms with van der Waals surface area (Å²) in [6.07, 6.45) is 1.29. The summed E-state index contributed by atoms with van der Waals surface area (Å²) in [5.41, 5.74) is 8.07. The third-order valence-corrected chi connectivity index (χ3v) is 2.83. The molecule has 0 radical (unpaired) electrons. The number of carbonyl (C=O) groups excluding carboxylic acids is 1. The molecule has 4 nitrogen and oxygen atoms in total. The minimum atomic E-state index is -0.532. The van der Waals surface area contributed by atoms with Crippen LogP contribution in [0.5, 0.6) is 0 Å². The van der Waals surface area contributed by atoms with Crippen molar-refractivity contribution in [2.45, 2.75) is 26.2 Å². The van der Waals surface area contributed by atoms with Gasteiger partial charge in [0, 0.05) is 5.56 Å². The third-order valence-electron chi connectivity index (χ3n) is 2.83. The summed E-state index contributed by atoms with van der Waals surface area (Å²) >= 11 is 0. The topological polar surface area (TPSA) is 69.1 Å². The zero-order valence-electron chi connectivity index (χ0n) is 10.7. The lowest BCUT2D eigenvalue weighted by Gasteiger charge is -2.22. The van der Waals surface area contributed by atoms with Gasteiger partial charge in [-0.05, 0) is 11.0 Å². The van der Waals surface area contributed by atoms with Gasteiger partial charge in [-0.2, -0.15) is 0 Å². The van der Waals surface area contributed by atoms with Gasteiger partial charge in [-0.1, -0.05) is 50.2 Å². The van der Waals surface area contributed by atoms with E-state index >= 15 is 0 Å². The molecule has 2 aromatic rings. The van der Waals surface area contributed by atoms with E-state index in [9.17, 15) is 4.79 Å². The summed E-state index contributed by atoms with van der Waals surface area (Å²) in [6, 6.07) is 7.82. The average molecular weight is 244 g/mol. The maximum absolute atomic E-state index is 11.3. The molecule has 0 saturated carbocycles. The molecule has 0 saturated heterocycles. The van der Waals surface area contributed by atoms with E-state index in [0.717, 1.165) is 11.1 Å². The Bertz CT molecular complexity index is 579. The van der Waals surface area contributed by atoms with Crippen molar-refractivity contribution >= 4 is 5.91 Å². The van der Waals surface area contributed by atoms with E-state index in [-0.39, 0.29) is 5.41 Å². The van der Waals surface area contributed by atoms with Crippen LogP contribution < -0.4 is 5.73 Å². The fraction of sp³-hybridized carbons (Fsp3) is 0.286. The van der Waals surface area contributed by atoms with E-state index in [0.29, 0.717) is 11.3 Å². The van der Waals surface area contributed by atoms with Crippen molar-refractivity contribution in [3.63, 3.8) is 0 Å². The Balaban J connectivity index is 2.65. The van der Waals surface area contributed by atoms with E-state index in [1.54, 1.807) is 0 Å². The Kier molecular flexibility index (Phi) is 2.95. The van der Waals surface area contributed by atoms with Crippen LogP contribution in [0.4, 0.5) is 0 Å². The highest BCUT2D eigenvalue weighted by Crippen LogP contribution is 2.33. The van der Waals surface area contributed by atoms with Gasteiger partial charge in [0.15, 0.2) is 0 Å². The molecule has 18 heavy (non-hydrogen) atoms. The first-order valence-corrected chi connectivity index (χ1v) is 5.75. The number of hydrogen-bond donors (Lipinski definition) is 1. The number of primary amides is 1. The summed E-state index contributed by atoms with van der Waals surface area (Å²) in [5.74, 6) is -0.532. The molecule has 4 heteroatoms. The number of benzene rings is 1. The standard InChI is InChI=1S/C14H16N2O2/c1-14(2,3)11-7-5-4-6-9(11)12-10(13(15)17)8-18-16-12/h4-8H,1-3H3,(H2,15,17). The van der Waals surface area contributed by atoms with Gasteiger partial charge in [-0.25, -0.2) is 0 Å². The molecule has 1 aromatic carbocycles. The van der Waals surface area contributed by atoms with E-state index in [1.807, 2.05) is 24.3 Å². The van der Waals surface area contributed by atoms with Crippen molar-refractivity contribution in [3.05, 3.63) is 41.7 Å². The first kappa shape index (κ1) is 12.4. The maximum Gasteiger partial charge on any atom is 0.254 e. The van der Waals surface area contributed by atoms with E-state index in [1.165, 1.54) is 6.26 Å². The lowest BCUT2D eigenvalue weighted by molar-refractivity contribution is 0.1000. The molecular weight excluding hydrogens is 228 g/mol. The van der Waals surface area contributed by atoms with Crippen molar-refractivity contribution in [1.29, 1.82) is 0 Å². The summed E-state index contributed by atoms with van der Waals surface area (Å²) in [7, 11) is 0. The molecule has 1 aromatic heterocycles. The van der Waals surface area contributed by atoms with Gasteiger partial charge in [0.1, 0.15) is 17.5 Å². The fourth-order valence-electron chi connectivity index (χ4n) is 1.95. The Morgan fingerprint density at radius 1 is 1.28 bits per heavy atom. The van der Waals surface area contributed by atoms with Gasteiger partial charge in [-0.3, -0.25) is 4.79 Å². The Morgan fingerprint density at radius 2 is 1.94 bits per heavy atom. The molecular formula is C14H16N2O2. The summed E-state index contributed by atoms with van der Waals surface area (Å²) < 4.78 is 4.88. The van der Waals surface area contributed by atoms with Crippen LogP contribution in [0, 0.1) is 0 Å². The number of carbonyl (C=O) groups is 1. The highest BCUT2D eigenvalue weighted by Gasteiger charge is 2.23. The van der Waals surface area contributed by atoms with Crippen molar-refractivity contribution in [2.75, 3.05) is 0 Å². The molecule has 0 bridgehead atoms. The zero-order chi connectivity index (χ0) is 13.3. The van der Waals surface area contributed by atoms with E-state index < -0.39 is 5.91 Å². The lowest BCUT2D eigenvalue weighted by atomic mass is 9.82. The van der Waals surface area contributed by atoms with E-state index in [4.69, 9.17) is 10.3 Å². The van der Waals surface area contributed by atoms with Crippen LogP contribution in [-0.4, -0.2) is 11.1 Å². The molecule has 0 aliphatic rings. The smallest absolute Gasteiger partial charge is 0.254 e. The van der Waals surface area contributed by atoms with Crippen molar-refractivity contribution < 1.29 is 9.32 Å². The monoisotopic (exact) mass is 244 g/mol. The van der Waals surface area contributed by atoms with Crippen molar-refractivity contribution in [3.8, 4) is 11.3 Å². The van der Waals surface area contributed by atoms with Crippen molar-refractivity contribution in [1.82, 2.24) is 5.16 Å². The minimum absolute atomic E-state index is 0.0511. The first-order chi connectivity index (χ1) is 8.41. The maximum atomic E-state index is 11.3. The summed E-state index contributed by atoms with van der Waals surface area (Å²) in [5, 5.41) is 3.91. The molecule has 1 heterocycles. The molecule has 1 amide bonds. The predicted octanol–water partition coefficient (Wildman–Crippen LogP) is 2.74. The second-order valence-electron chi connectivity index (χ2n) is 5.24. The van der Waals surface area contributed by atoms with Gasteiger partial charge in [-0.15, -0.1) is 0 Å². The highest BCUT2D eigenvalue weighted by molar-refractivity contribution is 5.98. The van der Waals surface area contributed by atoms with Gasteiger partial charge >= 0.3 is 0 Å². The molecule has 0 aliphatic carbocycles. The van der Waals surface area contributed by atoms with Gasteiger partial charge in [0.05, 0.1) is 0 Å². The van der Waals surface area contributed by atoms with Gasteiger partial charge in [0.25, 0.3) is 5.91 Å². The SMILES string of the molecule is CC(C)(C)c1ccccc1-c1nocc1C(N)=O. The lowest BCUT2D eigenvalue weighted by Crippen LogP contribution is -2.15. The molecule has 0 unspecified atom stereocenters. The quantitative estimate of drug-likeness (QED) is 0.883. The van der Waals surface area contributed by atoms with Crippen LogP contribution >= 0.6 is 0 Å². The van der Waals surface area contributed by atoms with Crippen LogP contribution in [0.1, 0.15) is 36.7 Å². The molecule has 2 N–H and O–H groups in total. The molecule has 94 valence electrons. The molecule has 0 atom stereocenters. The second-order valence-corrected chi connectivity index (χ2v) is 5.24. The van der Waals surface area contributed by atoms with Gasteiger partial charge in [0.2, 0.25) is 0 Å². The number of nitrogens with two attached hydrogens (primary N) is 1. The van der Waals surface area contributed by atoms with Crippen LogP contribution in [0.2, 0.25) is 0 Å². The second kappa shape index (κ2) is 4.29. The number of amides is 1. The molecule has 0 aliphatic heterocycles. The van der Waals surface area contributed by atoms with Gasteiger partial charge < -0.3 is 10.3 Å². The van der Waals surface area contributed by atoms with Crippen LogP contribution in [0.3, 0.4) is 0 Å². The Labute approximate surface area is 106 Å². The van der Waals surface area contributed by atoms with E-state index in [2.05, 4.69) is 25.9 Å². The number of rotatable bonds is 2. The first-order valence-electron chi connectivity index (χ1n) is 5.75. The van der Waals surface area contributed by atoms with Crippen LogP contribution in [-0.2, 0) is 5.41 Å². The third kappa shape index (κ3) is 2.14. The summed E-state index contributed by atoms with van der Waals surface area (Å²) in [4.78, 5) is 11.3. The number of hydrogen-bond acceptors (Lipinski definition) is 3. The number of aromatic nitrogens is 1. The van der Waals surface area contributed by atoms with Crippen molar-refractivity contribution in [2.24, 2.45) is 5.73 Å². The number of nitrogens with zero attached hydrogens (tertiary/aromatic N) is 1. The Hall–Kier alpha value is -2.10. The van der Waals surface area contributed by atoms with Crippen LogP contribution in [0.15, 0.2) is 35.1 Å². The fourth-order valence-corrected chi connectivity index (χ4v) is 1.95. The normalized spacial score (nSPS) is 11.5. The highest BCUT2D eigenvalue weighted by atomic mass is 16.5. The molecule has 2 rings (SSSR count). The zero-order valence-corrected chi connectivity index (χ0v) is 10.7. The molecule has 0 fully saturated rings. The average Bonchev–Trinajstić information content (AvgIpc) is 2.76. The molecule has 0 spiro atoms. The predicted molar refractivity (Wildman–Crippen MR) is 69.2 cm³/mol. The largest absolute Gasteiger partial charge is 0.365 e. The van der Waals surface area contributed by atoms with Crippen LogP contribution in [0.25, 0.3) is 11.3 Å². The minimum Gasteiger partial charge on any atom is -0.365 e.